The van der Waals surface area contributed by atoms with E-state index in [0.717, 1.165) is 68.7 Å². The number of nitrogens with zero attached hydrogens (tertiary/aromatic N) is 6. The Hall–Kier alpha value is -3.56. The fourth-order valence-electron chi connectivity index (χ4n) is 5.68. The Bertz CT molecular complexity index is 1580. The lowest BCUT2D eigenvalue weighted by Gasteiger charge is -2.31. The molecule has 1 saturated heterocycles. The quantitative estimate of drug-likeness (QED) is 0.368. The second-order valence-electron chi connectivity index (χ2n) is 10.7. The van der Waals surface area contributed by atoms with Crippen LogP contribution in [0, 0.1) is 19.8 Å². The van der Waals surface area contributed by atoms with Crippen LogP contribution >= 0.6 is 0 Å². The van der Waals surface area contributed by atoms with E-state index in [2.05, 4.69) is 44.3 Å². The zero-order valence-corrected chi connectivity index (χ0v) is 21.9. The summed E-state index contributed by atoms with van der Waals surface area (Å²) in [6.45, 7) is 8.91. The Labute approximate surface area is 215 Å². The highest BCUT2D eigenvalue weighted by Crippen LogP contribution is 2.42. The summed E-state index contributed by atoms with van der Waals surface area (Å²) in [6.07, 6.45) is 3.61. The molecule has 0 amide bonds. The largest absolute Gasteiger partial charge is 0.386 e. The van der Waals surface area contributed by atoms with Crippen LogP contribution in [0.2, 0.25) is 0 Å². The number of pyridine rings is 1. The third-order valence-electron chi connectivity index (χ3n) is 7.55. The van der Waals surface area contributed by atoms with Gasteiger partial charge in [-0.15, -0.1) is 5.10 Å². The van der Waals surface area contributed by atoms with Crippen LogP contribution < -0.4 is 0 Å². The molecule has 0 aliphatic carbocycles. The third-order valence-corrected chi connectivity index (χ3v) is 7.55. The normalized spacial score (nSPS) is 16.2. The molecule has 4 aromatic heterocycles. The first-order chi connectivity index (χ1) is 17.7. The predicted molar refractivity (Wildman–Crippen MR) is 140 cm³/mol. The molecule has 0 unspecified atom stereocenters. The standard InChI is InChI=1S/C28H32N6O3/c1-16-12-22(31-37-16)27(18-8-10-36-11-9-18)34-23-13-19(26-17(2)30-32-33(26)5)6-7-21(23)25-24(34)14-20(15-29-25)28(3,4)35/h6-7,12-15,18,27,35H,8-11H2,1-5H3/t27-/m1/s1. The van der Waals surface area contributed by atoms with E-state index in [-0.39, 0.29) is 6.04 Å². The topological polar surface area (TPSA) is 104 Å². The fraction of sp³-hybridized carbons (Fsp3) is 0.429. The minimum atomic E-state index is -1.02. The van der Waals surface area contributed by atoms with Gasteiger partial charge in [-0.05, 0) is 64.7 Å². The van der Waals surface area contributed by atoms with Crippen molar-refractivity contribution in [2.24, 2.45) is 13.0 Å². The monoisotopic (exact) mass is 500 g/mol. The number of aryl methyl sites for hydroxylation is 3. The maximum atomic E-state index is 10.8. The second kappa shape index (κ2) is 8.78. The molecule has 1 fully saturated rings. The molecule has 0 spiro atoms. The average molecular weight is 501 g/mol. The summed E-state index contributed by atoms with van der Waals surface area (Å²) in [6, 6.07) is 10.4. The van der Waals surface area contributed by atoms with Crippen LogP contribution in [-0.4, -0.2) is 48.0 Å². The number of benzene rings is 1. The van der Waals surface area contributed by atoms with Gasteiger partial charge in [0.15, 0.2) is 0 Å². The second-order valence-corrected chi connectivity index (χ2v) is 10.7. The van der Waals surface area contributed by atoms with Gasteiger partial charge in [0.05, 0.1) is 39.6 Å². The zero-order chi connectivity index (χ0) is 25.9. The molecule has 0 bridgehead atoms. The fourth-order valence-corrected chi connectivity index (χ4v) is 5.68. The highest BCUT2D eigenvalue weighted by Gasteiger charge is 2.33. The van der Waals surface area contributed by atoms with E-state index in [4.69, 9.17) is 14.2 Å². The lowest BCUT2D eigenvalue weighted by molar-refractivity contribution is 0.0543. The Morgan fingerprint density at radius 1 is 1.08 bits per heavy atom. The summed E-state index contributed by atoms with van der Waals surface area (Å²) in [5.74, 6) is 1.08. The van der Waals surface area contributed by atoms with E-state index in [1.807, 2.05) is 31.6 Å². The van der Waals surface area contributed by atoms with E-state index < -0.39 is 5.60 Å². The molecule has 192 valence electrons. The van der Waals surface area contributed by atoms with Gasteiger partial charge < -0.3 is 18.9 Å². The summed E-state index contributed by atoms with van der Waals surface area (Å²) in [5.41, 5.74) is 6.42. The smallest absolute Gasteiger partial charge is 0.134 e. The molecule has 9 heteroatoms. The van der Waals surface area contributed by atoms with Crippen LogP contribution in [0.1, 0.15) is 55.4 Å². The summed E-state index contributed by atoms with van der Waals surface area (Å²) in [4.78, 5) is 4.87. The van der Waals surface area contributed by atoms with Gasteiger partial charge in [0.25, 0.3) is 0 Å². The van der Waals surface area contributed by atoms with Gasteiger partial charge in [-0.3, -0.25) is 4.98 Å². The lowest BCUT2D eigenvalue weighted by atomic mass is 9.89. The van der Waals surface area contributed by atoms with Crippen molar-refractivity contribution in [2.45, 2.75) is 52.2 Å². The first kappa shape index (κ1) is 23.8. The Morgan fingerprint density at radius 3 is 2.51 bits per heavy atom. The Morgan fingerprint density at radius 2 is 1.86 bits per heavy atom. The van der Waals surface area contributed by atoms with Crippen LogP contribution in [-0.2, 0) is 17.4 Å². The Kier molecular flexibility index (Phi) is 5.65. The molecule has 1 aliphatic rings. The Balaban J connectivity index is 1.69. The summed E-state index contributed by atoms with van der Waals surface area (Å²) < 4.78 is 15.5. The van der Waals surface area contributed by atoms with Crippen LogP contribution in [0.25, 0.3) is 33.2 Å². The maximum absolute atomic E-state index is 10.8. The van der Waals surface area contributed by atoms with E-state index in [0.29, 0.717) is 19.1 Å². The molecule has 5 aromatic rings. The van der Waals surface area contributed by atoms with Gasteiger partial charge in [-0.1, -0.05) is 16.4 Å². The van der Waals surface area contributed by atoms with Crippen LogP contribution in [0.3, 0.4) is 0 Å². The molecular formula is C28H32N6O3. The van der Waals surface area contributed by atoms with Crippen molar-refractivity contribution in [3.8, 4) is 11.3 Å². The van der Waals surface area contributed by atoms with Gasteiger partial charge >= 0.3 is 0 Å². The summed E-state index contributed by atoms with van der Waals surface area (Å²) >= 11 is 0. The van der Waals surface area contributed by atoms with Crippen molar-refractivity contribution >= 4 is 21.9 Å². The average Bonchev–Trinajstić information content (AvgIpc) is 3.54. The molecule has 1 atom stereocenters. The van der Waals surface area contributed by atoms with Crippen molar-refractivity contribution < 1.29 is 14.4 Å². The number of hydrogen-bond donors (Lipinski definition) is 1. The minimum Gasteiger partial charge on any atom is -0.386 e. The molecule has 0 saturated carbocycles. The molecule has 0 radical (unpaired) electrons. The van der Waals surface area contributed by atoms with E-state index >= 15 is 0 Å². The number of aliphatic hydroxyl groups is 1. The molecule has 9 nitrogen and oxygen atoms in total. The van der Waals surface area contributed by atoms with Crippen LogP contribution in [0.15, 0.2) is 41.1 Å². The van der Waals surface area contributed by atoms with Gasteiger partial charge in [-0.25, -0.2) is 4.68 Å². The maximum Gasteiger partial charge on any atom is 0.134 e. The molecule has 1 aromatic carbocycles. The molecule has 6 rings (SSSR count). The van der Waals surface area contributed by atoms with Crippen molar-refractivity contribution in [2.75, 3.05) is 13.2 Å². The number of hydrogen-bond acceptors (Lipinski definition) is 7. The summed E-state index contributed by atoms with van der Waals surface area (Å²) in [7, 11) is 1.91. The lowest BCUT2D eigenvalue weighted by Crippen LogP contribution is -2.27. The van der Waals surface area contributed by atoms with Crippen molar-refractivity contribution in [3.63, 3.8) is 0 Å². The molecule has 5 heterocycles. The van der Waals surface area contributed by atoms with Gasteiger partial charge in [0.2, 0.25) is 0 Å². The highest BCUT2D eigenvalue weighted by atomic mass is 16.5. The number of rotatable bonds is 5. The van der Waals surface area contributed by atoms with Crippen LogP contribution in [0.4, 0.5) is 0 Å². The number of fused-ring (bicyclic) bond motifs is 3. The summed E-state index contributed by atoms with van der Waals surface area (Å²) in [5, 5.41) is 24.9. The predicted octanol–water partition coefficient (Wildman–Crippen LogP) is 4.83. The van der Waals surface area contributed by atoms with Gasteiger partial charge in [-0.2, -0.15) is 0 Å². The van der Waals surface area contributed by atoms with Crippen molar-refractivity contribution in [3.05, 3.63) is 59.2 Å². The van der Waals surface area contributed by atoms with Gasteiger partial charge in [0, 0.05) is 49.0 Å². The van der Waals surface area contributed by atoms with E-state index in [9.17, 15) is 5.11 Å². The minimum absolute atomic E-state index is 0.0822. The van der Waals surface area contributed by atoms with Gasteiger partial charge in [0.1, 0.15) is 11.5 Å². The first-order valence-electron chi connectivity index (χ1n) is 12.8. The van der Waals surface area contributed by atoms with Crippen LogP contribution in [0.5, 0.6) is 0 Å². The van der Waals surface area contributed by atoms with Crippen molar-refractivity contribution in [1.82, 2.24) is 29.7 Å². The molecule has 1 aliphatic heterocycles. The number of aromatic nitrogens is 6. The first-order valence-corrected chi connectivity index (χ1v) is 12.8. The highest BCUT2D eigenvalue weighted by molar-refractivity contribution is 6.07. The zero-order valence-electron chi connectivity index (χ0n) is 21.9. The SMILES string of the molecule is Cc1cc([C@@H](C2CCOCC2)n2c3cc(-c4c(C)nnn4C)ccc3c3ncc(C(C)(C)O)cc32)no1. The molecular weight excluding hydrogens is 468 g/mol. The third kappa shape index (κ3) is 4.02. The number of ether oxygens (including phenoxy) is 1. The molecule has 37 heavy (non-hydrogen) atoms. The van der Waals surface area contributed by atoms with E-state index in [1.54, 1.807) is 20.0 Å². The van der Waals surface area contributed by atoms with E-state index in [1.165, 1.54) is 0 Å². The van der Waals surface area contributed by atoms with Crippen molar-refractivity contribution in [1.29, 1.82) is 0 Å². The molecule has 1 N–H and O–H groups in total.